The van der Waals surface area contributed by atoms with Crippen LogP contribution < -0.4 is 5.32 Å². The van der Waals surface area contributed by atoms with Gasteiger partial charge in [0.1, 0.15) is 16.7 Å². The Balaban J connectivity index is 2.34. The van der Waals surface area contributed by atoms with Crippen molar-refractivity contribution in [2.75, 3.05) is 11.9 Å². The van der Waals surface area contributed by atoms with E-state index in [4.69, 9.17) is 0 Å². The predicted octanol–water partition coefficient (Wildman–Crippen LogP) is 4.24. The van der Waals surface area contributed by atoms with Crippen molar-refractivity contribution in [1.29, 1.82) is 0 Å². The lowest BCUT2D eigenvalue weighted by Gasteiger charge is -2.12. The lowest BCUT2D eigenvalue weighted by atomic mass is 10.2. The number of nitrogens with zero attached hydrogens (tertiary/aromatic N) is 2. The molecular weight excluding hydrogens is 266 g/mol. The Hall–Kier alpha value is -1.55. The summed E-state index contributed by atoms with van der Waals surface area (Å²) in [6.45, 7) is 9.22. The average molecular weight is 287 g/mol. The summed E-state index contributed by atoms with van der Waals surface area (Å²) >= 11 is 1.70. The molecular formula is C16H21N3S. The molecule has 3 nitrogen and oxygen atoms in total. The topological polar surface area (TPSA) is 37.8 Å². The van der Waals surface area contributed by atoms with E-state index in [2.05, 4.69) is 67.2 Å². The van der Waals surface area contributed by atoms with Crippen molar-refractivity contribution in [3.8, 4) is 0 Å². The first kappa shape index (κ1) is 14.9. The highest BCUT2D eigenvalue weighted by atomic mass is 32.2. The molecule has 0 aliphatic rings. The number of anilines is 1. The Morgan fingerprint density at radius 1 is 1.05 bits per heavy atom. The van der Waals surface area contributed by atoms with E-state index in [0.29, 0.717) is 0 Å². The fourth-order valence-electron chi connectivity index (χ4n) is 1.86. The number of hydrogen-bond donors (Lipinski definition) is 1. The number of aryl methyl sites for hydroxylation is 2. The van der Waals surface area contributed by atoms with Crippen LogP contribution in [0.2, 0.25) is 0 Å². The Bertz CT molecular complexity index is 579. The third-order valence-electron chi connectivity index (χ3n) is 3.04. The molecule has 1 aromatic carbocycles. The average Bonchev–Trinajstić information content (AvgIpc) is 2.45. The molecule has 0 amide bonds. The van der Waals surface area contributed by atoms with E-state index >= 15 is 0 Å². The number of benzene rings is 1. The van der Waals surface area contributed by atoms with Crippen LogP contribution in [0.15, 0.2) is 34.2 Å². The van der Waals surface area contributed by atoms with Crippen molar-refractivity contribution in [1.82, 2.24) is 9.97 Å². The SMILES string of the molecule is CCNc1nc(CC)nc(Sc2ccc(C)cc2)c1C. The molecule has 2 rings (SSSR count). The van der Waals surface area contributed by atoms with E-state index in [1.807, 2.05) is 0 Å². The van der Waals surface area contributed by atoms with Crippen molar-refractivity contribution in [3.05, 3.63) is 41.2 Å². The Kier molecular flexibility index (Phi) is 5.01. The van der Waals surface area contributed by atoms with Gasteiger partial charge in [0.2, 0.25) is 0 Å². The first-order valence-corrected chi connectivity index (χ1v) is 7.81. The third kappa shape index (κ3) is 3.51. The maximum Gasteiger partial charge on any atom is 0.133 e. The van der Waals surface area contributed by atoms with Crippen LogP contribution in [0.5, 0.6) is 0 Å². The molecule has 0 bridgehead atoms. The van der Waals surface area contributed by atoms with E-state index in [0.717, 1.165) is 35.2 Å². The monoisotopic (exact) mass is 287 g/mol. The van der Waals surface area contributed by atoms with Crippen LogP contribution >= 0.6 is 11.8 Å². The van der Waals surface area contributed by atoms with Gasteiger partial charge in [-0.05, 0) is 32.9 Å². The highest BCUT2D eigenvalue weighted by Crippen LogP contribution is 2.31. The lowest BCUT2D eigenvalue weighted by molar-refractivity contribution is 0.870. The summed E-state index contributed by atoms with van der Waals surface area (Å²) in [5.41, 5.74) is 2.39. The van der Waals surface area contributed by atoms with Gasteiger partial charge in [0.15, 0.2) is 0 Å². The second-order valence-electron chi connectivity index (χ2n) is 4.72. The summed E-state index contributed by atoms with van der Waals surface area (Å²) in [5, 5.41) is 4.36. The third-order valence-corrected chi connectivity index (χ3v) is 4.14. The number of rotatable bonds is 5. The van der Waals surface area contributed by atoms with Crippen molar-refractivity contribution >= 4 is 17.6 Å². The second kappa shape index (κ2) is 6.75. The first-order chi connectivity index (χ1) is 9.63. The van der Waals surface area contributed by atoms with Crippen molar-refractivity contribution < 1.29 is 0 Å². The van der Waals surface area contributed by atoms with E-state index in [-0.39, 0.29) is 0 Å². The standard InChI is InChI=1S/C16H21N3S/c1-5-14-18-15(17-6-2)12(4)16(19-14)20-13-9-7-11(3)8-10-13/h7-10H,5-6H2,1-4H3,(H,17,18,19). The zero-order valence-corrected chi connectivity index (χ0v) is 13.3. The molecule has 0 aliphatic heterocycles. The molecule has 0 fully saturated rings. The maximum absolute atomic E-state index is 4.66. The van der Waals surface area contributed by atoms with Gasteiger partial charge in [-0.25, -0.2) is 9.97 Å². The Labute approximate surface area is 125 Å². The van der Waals surface area contributed by atoms with Crippen molar-refractivity contribution in [3.63, 3.8) is 0 Å². The molecule has 0 atom stereocenters. The van der Waals surface area contributed by atoms with E-state index in [1.54, 1.807) is 11.8 Å². The van der Waals surface area contributed by atoms with Gasteiger partial charge in [0.25, 0.3) is 0 Å². The van der Waals surface area contributed by atoms with E-state index < -0.39 is 0 Å². The highest BCUT2D eigenvalue weighted by molar-refractivity contribution is 7.99. The summed E-state index contributed by atoms with van der Waals surface area (Å²) < 4.78 is 0. The molecule has 0 spiro atoms. The lowest BCUT2D eigenvalue weighted by Crippen LogP contribution is -2.07. The van der Waals surface area contributed by atoms with E-state index in [9.17, 15) is 0 Å². The van der Waals surface area contributed by atoms with Crippen LogP contribution in [0.25, 0.3) is 0 Å². The fraction of sp³-hybridized carbons (Fsp3) is 0.375. The van der Waals surface area contributed by atoms with Crippen LogP contribution in [-0.2, 0) is 6.42 Å². The van der Waals surface area contributed by atoms with Crippen LogP contribution in [0, 0.1) is 13.8 Å². The smallest absolute Gasteiger partial charge is 0.133 e. The summed E-state index contributed by atoms with van der Waals surface area (Å²) in [5.74, 6) is 1.84. The number of aromatic nitrogens is 2. The molecule has 20 heavy (non-hydrogen) atoms. The van der Waals surface area contributed by atoms with E-state index in [1.165, 1.54) is 10.5 Å². The molecule has 0 unspecified atom stereocenters. The highest BCUT2D eigenvalue weighted by Gasteiger charge is 2.11. The number of nitrogens with one attached hydrogen (secondary N) is 1. The van der Waals surface area contributed by atoms with Gasteiger partial charge in [-0.15, -0.1) is 0 Å². The predicted molar refractivity (Wildman–Crippen MR) is 85.6 cm³/mol. The normalized spacial score (nSPS) is 10.6. The first-order valence-electron chi connectivity index (χ1n) is 7.00. The Morgan fingerprint density at radius 2 is 1.75 bits per heavy atom. The van der Waals surface area contributed by atoms with Crippen molar-refractivity contribution in [2.45, 2.75) is 44.0 Å². The van der Waals surface area contributed by atoms with Gasteiger partial charge in [-0.3, -0.25) is 0 Å². The molecule has 0 aliphatic carbocycles. The second-order valence-corrected chi connectivity index (χ2v) is 5.78. The summed E-state index contributed by atoms with van der Waals surface area (Å²) in [6.07, 6.45) is 0.847. The number of hydrogen-bond acceptors (Lipinski definition) is 4. The fourth-order valence-corrected chi connectivity index (χ4v) is 2.75. The van der Waals surface area contributed by atoms with Gasteiger partial charge >= 0.3 is 0 Å². The quantitative estimate of drug-likeness (QED) is 0.835. The Morgan fingerprint density at radius 3 is 2.35 bits per heavy atom. The minimum absolute atomic E-state index is 0.847. The summed E-state index contributed by atoms with van der Waals surface area (Å²) in [6, 6.07) is 8.54. The molecule has 0 radical (unpaired) electrons. The van der Waals surface area contributed by atoms with Gasteiger partial charge in [-0.1, -0.05) is 36.4 Å². The maximum atomic E-state index is 4.66. The van der Waals surface area contributed by atoms with Gasteiger partial charge < -0.3 is 5.32 Å². The molecule has 2 aromatic rings. The van der Waals surface area contributed by atoms with Crippen LogP contribution in [-0.4, -0.2) is 16.5 Å². The largest absolute Gasteiger partial charge is 0.370 e. The molecule has 0 saturated carbocycles. The van der Waals surface area contributed by atoms with Crippen LogP contribution in [0.1, 0.15) is 30.8 Å². The molecule has 106 valence electrons. The van der Waals surface area contributed by atoms with Crippen LogP contribution in [0.4, 0.5) is 5.82 Å². The minimum atomic E-state index is 0.847. The van der Waals surface area contributed by atoms with Gasteiger partial charge in [-0.2, -0.15) is 0 Å². The van der Waals surface area contributed by atoms with Crippen LogP contribution in [0.3, 0.4) is 0 Å². The summed E-state index contributed by atoms with van der Waals surface area (Å²) in [7, 11) is 0. The van der Waals surface area contributed by atoms with Gasteiger partial charge in [0, 0.05) is 23.4 Å². The van der Waals surface area contributed by atoms with Gasteiger partial charge in [0.05, 0.1) is 0 Å². The molecule has 4 heteroatoms. The molecule has 1 heterocycles. The molecule has 0 saturated heterocycles. The zero-order chi connectivity index (χ0) is 14.5. The molecule has 1 N–H and O–H groups in total. The minimum Gasteiger partial charge on any atom is -0.370 e. The molecule has 1 aromatic heterocycles. The van der Waals surface area contributed by atoms with Crippen molar-refractivity contribution in [2.24, 2.45) is 0 Å². The summed E-state index contributed by atoms with van der Waals surface area (Å²) in [4.78, 5) is 10.4. The zero-order valence-electron chi connectivity index (χ0n) is 12.5.